The van der Waals surface area contributed by atoms with Crippen molar-refractivity contribution >= 4 is 11.9 Å². The van der Waals surface area contributed by atoms with Gasteiger partial charge in [-0.3, -0.25) is 4.79 Å². The van der Waals surface area contributed by atoms with Crippen molar-refractivity contribution in [2.45, 2.75) is 83.6 Å². The van der Waals surface area contributed by atoms with Crippen LogP contribution in [-0.2, 0) is 9.59 Å². The Bertz CT molecular complexity index is 673. The highest BCUT2D eigenvalue weighted by atomic mass is 16.4. The Morgan fingerprint density at radius 1 is 0.758 bits per heavy atom. The van der Waals surface area contributed by atoms with Gasteiger partial charge in [0.1, 0.15) is 6.04 Å². The van der Waals surface area contributed by atoms with E-state index in [2.05, 4.69) is 73.0 Å². The van der Waals surface area contributed by atoms with Crippen molar-refractivity contribution in [1.82, 2.24) is 5.32 Å². The number of nitrogens with two attached hydrogens (primary N) is 1. The average Bonchev–Trinajstić information content (AvgIpc) is 2.80. The summed E-state index contributed by atoms with van der Waals surface area (Å²) in [6, 6.07) is -0.825. The first-order valence-corrected chi connectivity index (χ1v) is 12.2. The summed E-state index contributed by atoms with van der Waals surface area (Å²) in [5.41, 5.74) is 5.42. The van der Waals surface area contributed by atoms with Gasteiger partial charge in [0.2, 0.25) is 5.91 Å². The van der Waals surface area contributed by atoms with Gasteiger partial charge in [-0.25, -0.2) is 4.79 Å². The molecule has 1 unspecified atom stereocenters. The Morgan fingerprint density at radius 2 is 1.21 bits per heavy atom. The number of carbonyl (C=O) groups is 2. The molecule has 1 amide bonds. The molecule has 184 valence electrons. The number of hydrogen-bond acceptors (Lipinski definition) is 3. The second-order valence-electron chi connectivity index (χ2n) is 7.70. The summed E-state index contributed by atoms with van der Waals surface area (Å²) in [7, 11) is 0. The predicted molar refractivity (Wildman–Crippen MR) is 140 cm³/mol. The van der Waals surface area contributed by atoms with E-state index in [4.69, 9.17) is 5.73 Å². The van der Waals surface area contributed by atoms with Gasteiger partial charge < -0.3 is 16.2 Å². The number of rotatable bonds is 20. The molecule has 0 aliphatic carbocycles. The van der Waals surface area contributed by atoms with Gasteiger partial charge in [-0.2, -0.15) is 0 Å². The highest BCUT2D eigenvalue weighted by molar-refractivity contribution is 5.83. The molecule has 0 aromatic carbocycles. The number of carbonyl (C=O) groups excluding carboxylic acids is 1. The summed E-state index contributed by atoms with van der Waals surface area (Å²) in [5.74, 6) is -1.22. The van der Waals surface area contributed by atoms with Gasteiger partial charge in [-0.05, 0) is 70.8 Å². The van der Waals surface area contributed by atoms with Crippen molar-refractivity contribution in [3.8, 4) is 0 Å². The van der Waals surface area contributed by atoms with Gasteiger partial charge >= 0.3 is 5.97 Å². The number of allylic oxidation sites excluding steroid dienone is 12. The molecule has 0 aliphatic rings. The second kappa shape index (κ2) is 24.0. The Morgan fingerprint density at radius 3 is 1.64 bits per heavy atom. The van der Waals surface area contributed by atoms with Crippen molar-refractivity contribution in [2.75, 3.05) is 6.54 Å². The maximum Gasteiger partial charge on any atom is 0.326 e. The molecule has 0 radical (unpaired) electrons. The predicted octanol–water partition coefficient (Wildman–Crippen LogP) is 6.16. The molecule has 0 fully saturated rings. The van der Waals surface area contributed by atoms with Crippen LogP contribution < -0.4 is 11.1 Å². The number of carboxylic acids is 1. The molecule has 0 aromatic heterocycles. The number of hydrogen-bond donors (Lipinski definition) is 3. The van der Waals surface area contributed by atoms with Gasteiger partial charge in [0.25, 0.3) is 0 Å². The SMILES string of the molecule is CC/C=C/C/C=C/C/C=C/C/C=C/C/C=C/C/C=C/CCC(=O)NC(CCCCN)C(=O)O. The number of carboxylic acid groups (broad SMARTS) is 1. The Kier molecular flexibility index (Phi) is 22.1. The van der Waals surface area contributed by atoms with E-state index in [0.29, 0.717) is 32.2 Å². The summed E-state index contributed by atoms with van der Waals surface area (Å²) in [4.78, 5) is 23.1. The lowest BCUT2D eigenvalue weighted by molar-refractivity contribution is -0.142. The van der Waals surface area contributed by atoms with Crippen molar-refractivity contribution in [2.24, 2.45) is 5.73 Å². The lowest BCUT2D eigenvalue weighted by Crippen LogP contribution is -2.40. The third kappa shape index (κ3) is 22.3. The summed E-state index contributed by atoms with van der Waals surface area (Å²) >= 11 is 0. The molecule has 0 aromatic rings. The Labute approximate surface area is 200 Å². The minimum Gasteiger partial charge on any atom is -0.480 e. The lowest BCUT2D eigenvalue weighted by Gasteiger charge is -2.13. The monoisotopic (exact) mass is 456 g/mol. The van der Waals surface area contributed by atoms with Crippen LogP contribution in [0.5, 0.6) is 0 Å². The van der Waals surface area contributed by atoms with Gasteiger partial charge in [-0.1, -0.05) is 79.8 Å². The zero-order valence-electron chi connectivity index (χ0n) is 20.3. The van der Waals surface area contributed by atoms with Gasteiger partial charge in [0.15, 0.2) is 0 Å². The zero-order valence-corrected chi connectivity index (χ0v) is 20.3. The molecule has 5 heteroatoms. The van der Waals surface area contributed by atoms with Crippen LogP contribution in [0.15, 0.2) is 72.9 Å². The van der Waals surface area contributed by atoms with Crippen molar-refractivity contribution in [3.05, 3.63) is 72.9 Å². The minimum atomic E-state index is -0.991. The Balaban J connectivity index is 3.79. The fourth-order valence-electron chi connectivity index (χ4n) is 2.87. The average molecular weight is 457 g/mol. The van der Waals surface area contributed by atoms with E-state index in [9.17, 15) is 14.7 Å². The summed E-state index contributed by atoms with van der Waals surface area (Å²) in [6.45, 7) is 2.67. The molecule has 0 heterocycles. The van der Waals surface area contributed by atoms with E-state index in [-0.39, 0.29) is 5.91 Å². The van der Waals surface area contributed by atoms with Crippen LogP contribution in [-0.4, -0.2) is 29.6 Å². The molecule has 5 nitrogen and oxygen atoms in total. The molecule has 0 bridgehead atoms. The van der Waals surface area contributed by atoms with Crippen molar-refractivity contribution in [3.63, 3.8) is 0 Å². The van der Waals surface area contributed by atoms with Crippen LogP contribution in [0.25, 0.3) is 0 Å². The number of nitrogens with one attached hydrogen (secondary N) is 1. The van der Waals surface area contributed by atoms with Gasteiger partial charge in [0.05, 0.1) is 0 Å². The smallest absolute Gasteiger partial charge is 0.326 e. The zero-order chi connectivity index (χ0) is 24.4. The van der Waals surface area contributed by atoms with Crippen LogP contribution in [0.3, 0.4) is 0 Å². The normalized spacial score (nSPS) is 13.5. The minimum absolute atomic E-state index is 0.227. The number of unbranched alkanes of at least 4 members (excludes halogenated alkanes) is 1. The molecular formula is C28H44N2O3. The largest absolute Gasteiger partial charge is 0.480 e. The first kappa shape index (κ1) is 30.3. The topological polar surface area (TPSA) is 92.4 Å². The summed E-state index contributed by atoms with van der Waals surface area (Å²) in [5, 5.41) is 11.8. The number of aliphatic carboxylic acids is 1. The van der Waals surface area contributed by atoms with E-state index < -0.39 is 12.0 Å². The van der Waals surface area contributed by atoms with Gasteiger partial charge in [-0.15, -0.1) is 0 Å². The molecule has 0 aliphatic heterocycles. The Hall–Kier alpha value is -2.66. The van der Waals surface area contributed by atoms with Crippen molar-refractivity contribution < 1.29 is 14.7 Å². The molecule has 33 heavy (non-hydrogen) atoms. The maximum atomic E-state index is 11.9. The van der Waals surface area contributed by atoms with Crippen LogP contribution in [0.2, 0.25) is 0 Å². The quantitative estimate of drug-likeness (QED) is 0.151. The van der Waals surface area contributed by atoms with Crippen LogP contribution in [0.1, 0.15) is 77.6 Å². The molecule has 0 spiro atoms. The molecule has 1 atom stereocenters. The van der Waals surface area contributed by atoms with E-state index in [0.717, 1.165) is 44.9 Å². The first-order valence-electron chi connectivity index (χ1n) is 12.2. The van der Waals surface area contributed by atoms with Crippen LogP contribution in [0, 0.1) is 0 Å². The van der Waals surface area contributed by atoms with Gasteiger partial charge in [0, 0.05) is 6.42 Å². The molecule has 0 saturated heterocycles. The van der Waals surface area contributed by atoms with Crippen LogP contribution in [0.4, 0.5) is 0 Å². The molecule has 4 N–H and O–H groups in total. The highest BCUT2D eigenvalue weighted by Gasteiger charge is 2.18. The molecule has 0 saturated carbocycles. The standard InChI is InChI=1S/C28H44N2O3/c1-2-3-4-5-6-7-8-9-10-11-12-13-14-15-16-17-18-19-20-24-27(31)30-26(28(32)33)23-21-22-25-29/h3-4,6-7,9-10,12-13,15-16,18-19,26H,2,5,8,11,14,17,20-25,29H2,1H3,(H,30,31)(H,32,33)/b4-3+,7-6+,10-9+,13-12+,16-15+,19-18+. The van der Waals surface area contributed by atoms with Crippen molar-refractivity contribution in [1.29, 1.82) is 0 Å². The van der Waals surface area contributed by atoms with Crippen LogP contribution >= 0.6 is 0 Å². The van der Waals surface area contributed by atoms with E-state index in [1.807, 2.05) is 12.2 Å². The second-order valence-corrected chi connectivity index (χ2v) is 7.70. The molecule has 0 rings (SSSR count). The van der Waals surface area contributed by atoms with E-state index >= 15 is 0 Å². The summed E-state index contributed by atoms with van der Waals surface area (Å²) < 4.78 is 0. The molecular weight excluding hydrogens is 412 g/mol. The fourth-order valence-corrected chi connectivity index (χ4v) is 2.87. The third-order valence-electron chi connectivity index (χ3n) is 4.71. The third-order valence-corrected chi connectivity index (χ3v) is 4.71. The lowest BCUT2D eigenvalue weighted by atomic mass is 10.1. The van der Waals surface area contributed by atoms with E-state index in [1.54, 1.807) is 0 Å². The maximum absolute atomic E-state index is 11.9. The summed E-state index contributed by atoms with van der Waals surface area (Å²) in [6.07, 6.45) is 34.2. The van der Waals surface area contributed by atoms with E-state index in [1.165, 1.54) is 0 Å². The first-order chi connectivity index (χ1) is 16.1. The highest BCUT2D eigenvalue weighted by Crippen LogP contribution is 2.03. The fraction of sp³-hybridized carbons (Fsp3) is 0.500. The number of amides is 1.